The molecule has 3 aromatic rings. The highest BCUT2D eigenvalue weighted by molar-refractivity contribution is 6.08. The summed E-state index contributed by atoms with van der Waals surface area (Å²) in [7, 11) is 0. The summed E-state index contributed by atoms with van der Waals surface area (Å²) in [5.41, 5.74) is 3.39. The lowest BCUT2D eigenvalue weighted by Crippen LogP contribution is -2.00. The molecular weight excluding hydrogens is 262 g/mol. The van der Waals surface area contributed by atoms with Crippen molar-refractivity contribution in [2.45, 2.75) is 20.1 Å². The first kappa shape index (κ1) is 13.4. The van der Waals surface area contributed by atoms with Gasteiger partial charge in [0.15, 0.2) is 0 Å². The zero-order valence-corrected chi connectivity index (χ0v) is 12.0. The monoisotopic (exact) mass is 279 g/mol. The van der Waals surface area contributed by atoms with Crippen LogP contribution in [0.25, 0.3) is 21.8 Å². The van der Waals surface area contributed by atoms with E-state index in [9.17, 15) is 4.79 Å². The lowest BCUT2D eigenvalue weighted by molar-refractivity contribution is -0.138. The highest BCUT2D eigenvalue weighted by Gasteiger charge is 2.10. The van der Waals surface area contributed by atoms with Crippen molar-refractivity contribution >= 4 is 27.8 Å². The summed E-state index contributed by atoms with van der Waals surface area (Å²) >= 11 is 0. The molecule has 1 heterocycles. The molecule has 0 atom stereocenters. The van der Waals surface area contributed by atoms with Crippen molar-refractivity contribution in [1.29, 1.82) is 0 Å². The van der Waals surface area contributed by atoms with Gasteiger partial charge in [0.2, 0.25) is 0 Å². The van der Waals surface area contributed by atoms with Crippen molar-refractivity contribution < 1.29 is 9.53 Å². The maximum atomic E-state index is 11.2. The number of aromatic nitrogens is 1. The van der Waals surface area contributed by atoms with E-state index in [0.717, 1.165) is 12.1 Å². The minimum absolute atomic E-state index is 0.270. The molecule has 2 aromatic carbocycles. The minimum Gasteiger partial charge on any atom is -0.458 e. The molecule has 0 amide bonds. The number of esters is 1. The molecule has 0 bridgehead atoms. The molecule has 0 spiro atoms. The van der Waals surface area contributed by atoms with Crippen molar-refractivity contribution in [2.24, 2.45) is 0 Å². The highest BCUT2D eigenvalue weighted by Crippen LogP contribution is 2.29. The van der Waals surface area contributed by atoms with Crippen LogP contribution in [0.2, 0.25) is 0 Å². The predicted molar refractivity (Wildman–Crippen MR) is 85.1 cm³/mol. The molecule has 21 heavy (non-hydrogen) atoms. The van der Waals surface area contributed by atoms with E-state index in [1.54, 1.807) is 0 Å². The van der Waals surface area contributed by atoms with E-state index in [-0.39, 0.29) is 6.61 Å². The first-order valence-electron chi connectivity index (χ1n) is 7.03. The van der Waals surface area contributed by atoms with Gasteiger partial charge in [-0.2, -0.15) is 0 Å². The van der Waals surface area contributed by atoms with E-state index < -0.39 is 5.97 Å². The highest BCUT2D eigenvalue weighted by atomic mass is 16.5. The van der Waals surface area contributed by atoms with E-state index in [4.69, 9.17) is 4.74 Å². The van der Waals surface area contributed by atoms with Gasteiger partial charge in [-0.3, -0.25) is 0 Å². The number of ether oxygens (including phenoxy) is 1. The fourth-order valence-corrected chi connectivity index (χ4v) is 2.74. The van der Waals surface area contributed by atoms with Gasteiger partial charge in [-0.1, -0.05) is 36.9 Å². The minimum atomic E-state index is -0.397. The number of para-hydroxylation sites is 1. The van der Waals surface area contributed by atoms with Crippen LogP contribution >= 0.6 is 0 Å². The van der Waals surface area contributed by atoms with Gasteiger partial charge in [-0.05, 0) is 24.6 Å². The molecule has 3 rings (SSSR count). The third kappa shape index (κ3) is 2.31. The Balaban J connectivity index is 2.10. The Morgan fingerprint density at radius 1 is 1.19 bits per heavy atom. The number of fused-ring (bicyclic) bond motifs is 3. The average Bonchev–Trinajstić information content (AvgIpc) is 2.85. The molecule has 106 valence electrons. The molecule has 0 fully saturated rings. The number of nitrogens with zero attached hydrogens (tertiary/aromatic N) is 1. The summed E-state index contributed by atoms with van der Waals surface area (Å²) in [5.74, 6) is -0.397. The summed E-state index contributed by atoms with van der Waals surface area (Å²) in [5, 5.41) is 2.48. The van der Waals surface area contributed by atoms with Gasteiger partial charge >= 0.3 is 5.97 Å². The van der Waals surface area contributed by atoms with Crippen molar-refractivity contribution in [1.82, 2.24) is 4.57 Å². The number of hydrogen-bond donors (Lipinski definition) is 0. The third-order valence-corrected chi connectivity index (χ3v) is 3.70. The van der Waals surface area contributed by atoms with Crippen molar-refractivity contribution in [3.8, 4) is 0 Å². The topological polar surface area (TPSA) is 31.2 Å². The van der Waals surface area contributed by atoms with Gasteiger partial charge in [0, 0.05) is 34.4 Å². The summed E-state index contributed by atoms with van der Waals surface area (Å²) in [6.07, 6.45) is 1.18. The van der Waals surface area contributed by atoms with E-state index >= 15 is 0 Å². The Morgan fingerprint density at radius 2 is 1.95 bits per heavy atom. The zero-order valence-electron chi connectivity index (χ0n) is 12.0. The van der Waals surface area contributed by atoms with Gasteiger partial charge in [0.1, 0.15) is 6.61 Å². The molecule has 3 nitrogen and oxygen atoms in total. The number of carbonyl (C=O) groups is 1. The number of benzene rings is 2. The Hall–Kier alpha value is -2.55. The standard InChI is InChI=1S/C18H17NO2/c1-3-18(20)21-12-13-9-10-15-14-7-5-6-8-16(14)19(4-2)17(15)11-13/h3,5-11H,1,4,12H2,2H3. The van der Waals surface area contributed by atoms with Crippen LogP contribution in [0.4, 0.5) is 0 Å². The summed E-state index contributed by atoms with van der Waals surface area (Å²) in [6, 6.07) is 14.6. The Kier molecular flexibility index (Phi) is 3.48. The van der Waals surface area contributed by atoms with Crippen LogP contribution in [0, 0.1) is 0 Å². The average molecular weight is 279 g/mol. The fraction of sp³-hybridized carbons (Fsp3) is 0.167. The predicted octanol–water partition coefficient (Wildman–Crippen LogP) is 4.04. The van der Waals surface area contributed by atoms with E-state index in [0.29, 0.717) is 0 Å². The molecule has 0 aliphatic carbocycles. The third-order valence-electron chi connectivity index (χ3n) is 3.70. The molecular formula is C18H17NO2. The van der Waals surface area contributed by atoms with Gasteiger partial charge in [-0.25, -0.2) is 4.79 Å². The molecule has 0 N–H and O–H groups in total. The molecule has 0 aliphatic heterocycles. The lowest BCUT2D eigenvalue weighted by atomic mass is 10.1. The maximum Gasteiger partial charge on any atom is 0.330 e. The van der Waals surface area contributed by atoms with Crippen LogP contribution in [0.3, 0.4) is 0 Å². The van der Waals surface area contributed by atoms with E-state index in [1.165, 1.54) is 27.9 Å². The molecule has 0 saturated heterocycles. The second kappa shape index (κ2) is 5.44. The Morgan fingerprint density at radius 3 is 2.71 bits per heavy atom. The largest absolute Gasteiger partial charge is 0.458 e. The molecule has 3 heteroatoms. The molecule has 0 aliphatic rings. The molecule has 1 aromatic heterocycles. The van der Waals surface area contributed by atoms with E-state index in [2.05, 4.69) is 54.5 Å². The van der Waals surface area contributed by atoms with E-state index in [1.807, 2.05) is 6.07 Å². The first-order chi connectivity index (χ1) is 10.2. The quantitative estimate of drug-likeness (QED) is 0.533. The van der Waals surface area contributed by atoms with Gasteiger partial charge in [0.05, 0.1) is 0 Å². The van der Waals surface area contributed by atoms with Crippen molar-refractivity contribution in [2.75, 3.05) is 0 Å². The lowest BCUT2D eigenvalue weighted by Gasteiger charge is -2.05. The molecule has 0 radical (unpaired) electrons. The SMILES string of the molecule is C=CC(=O)OCc1ccc2c3ccccc3n(CC)c2c1. The summed E-state index contributed by atoms with van der Waals surface area (Å²) in [6.45, 7) is 6.71. The van der Waals surface area contributed by atoms with Crippen molar-refractivity contribution in [3.05, 3.63) is 60.7 Å². The summed E-state index contributed by atoms with van der Waals surface area (Å²) < 4.78 is 7.39. The van der Waals surface area contributed by atoms with Crippen LogP contribution in [0.15, 0.2) is 55.1 Å². The summed E-state index contributed by atoms with van der Waals surface area (Å²) in [4.78, 5) is 11.2. The van der Waals surface area contributed by atoms with Crippen LogP contribution in [0.1, 0.15) is 12.5 Å². The second-order valence-electron chi connectivity index (χ2n) is 4.92. The van der Waals surface area contributed by atoms with Crippen LogP contribution < -0.4 is 0 Å². The number of hydrogen-bond acceptors (Lipinski definition) is 2. The van der Waals surface area contributed by atoms with Gasteiger partial charge in [0.25, 0.3) is 0 Å². The van der Waals surface area contributed by atoms with Crippen molar-refractivity contribution in [3.63, 3.8) is 0 Å². The van der Waals surface area contributed by atoms with Crippen LogP contribution in [0.5, 0.6) is 0 Å². The fourth-order valence-electron chi connectivity index (χ4n) is 2.74. The smallest absolute Gasteiger partial charge is 0.330 e. The molecule has 0 saturated carbocycles. The number of rotatable bonds is 4. The normalized spacial score (nSPS) is 10.9. The zero-order chi connectivity index (χ0) is 14.8. The number of carbonyl (C=O) groups excluding carboxylic acids is 1. The Labute approximate surface area is 123 Å². The van der Waals surface area contributed by atoms with Gasteiger partial charge < -0.3 is 9.30 Å². The second-order valence-corrected chi connectivity index (χ2v) is 4.92. The number of aryl methyl sites for hydroxylation is 1. The van der Waals surface area contributed by atoms with Crippen LogP contribution in [-0.2, 0) is 22.7 Å². The first-order valence-corrected chi connectivity index (χ1v) is 7.03. The van der Waals surface area contributed by atoms with Crippen LogP contribution in [-0.4, -0.2) is 10.5 Å². The molecule has 0 unspecified atom stereocenters. The van der Waals surface area contributed by atoms with Gasteiger partial charge in [-0.15, -0.1) is 0 Å². The Bertz CT molecular complexity index is 830. The maximum absolute atomic E-state index is 11.2.